The number of halogens is 1. The summed E-state index contributed by atoms with van der Waals surface area (Å²) in [6.45, 7) is 3.91. The van der Waals surface area contributed by atoms with Gasteiger partial charge in [-0.05, 0) is 6.92 Å². The number of carbonyl (C=O) groups excluding carboxylic acids is 4. The summed E-state index contributed by atoms with van der Waals surface area (Å²) in [6, 6.07) is -0.0769. The topological polar surface area (TPSA) is 316 Å². The van der Waals surface area contributed by atoms with Gasteiger partial charge in [-0.15, -0.1) is 23.1 Å². The molecule has 25 heteroatoms. The molecule has 3 atom stereocenters. The number of aliphatic carboxylic acids is 3. The SMILES string of the molecule is CCn1cc(C(=O)NCC[N+]2(CC3=C(C(=O)[O-])N4C(=O)[C@@H](NC(=O)C(=NO[C@@H](CC(=O)O)C(=O)O)c5csc(N)n5)[C@H]4SC3)CCCC2)c(=O)c2c(Cl)c(O)c(O)cc21.[Na]. The van der Waals surface area contributed by atoms with Gasteiger partial charge < -0.3 is 60.6 Å². The Morgan fingerprint density at radius 1 is 1.18 bits per heavy atom. The van der Waals surface area contributed by atoms with Crippen molar-refractivity contribution in [1.82, 2.24) is 25.1 Å². The molecule has 6 rings (SSSR count). The van der Waals surface area contributed by atoms with E-state index in [4.69, 9.17) is 27.3 Å². The molecule has 60 heavy (non-hydrogen) atoms. The van der Waals surface area contributed by atoms with E-state index in [0.29, 0.717) is 36.2 Å². The van der Waals surface area contributed by atoms with Crippen molar-refractivity contribution in [3.8, 4) is 11.5 Å². The third kappa shape index (κ3) is 9.21. The summed E-state index contributed by atoms with van der Waals surface area (Å²) >= 11 is 8.32. The zero-order valence-electron chi connectivity index (χ0n) is 32.0. The van der Waals surface area contributed by atoms with Gasteiger partial charge in [-0.1, -0.05) is 16.8 Å². The molecule has 0 unspecified atom stereocenters. The van der Waals surface area contributed by atoms with Crippen LogP contribution in [0.2, 0.25) is 5.02 Å². The number of fused-ring (bicyclic) bond motifs is 2. The summed E-state index contributed by atoms with van der Waals surface area (Å²) in [5, 5.41) is 59.9. The van der Waals surface area contributed by atoms with Gasteiger partial charge in [0.1, 0.15) is 29.2 Å². The average molecular weight is 900 g/mol. The number of oxime groups is 1. The number of rotatable bonds is 16. The fourth-order valence-electron chi connectivity index (χ4n) is 7.32. The van der Waals surface area contributed by atoms with Crippen LogP contribution >= 0.6 is 34.7 Å². The number of β-lactam (4-membered cyclic amide) rings is 1. The van der Waals surface area contributed by atoms with Crippen molar-refractivity contribution in [2.45, 2.75) is 50.3 Å². The predicted octanol–water partition coefficient (Wildman–Crippen LogP) is -1.16. The van der Waals surface area contributed by atoms with E-state index in [2.05, 4.69) is 20.8 Å². The number of hydrogen-bond donors (Lipinski definition) is 7. The molecule has 3 amide bonds. The third-order valence-corrected chi connectivity index (χ3v) is 12.6. The fourth-order valence-corrected chi connectivity index (χ4v) is 9.48. The van der Waals surface area contributed by atoms with E-state index in [0.717, 1.165) is 29.1 Å². The molecule has 0 saturated carbocycles. The second kappa shape index (κ2) is 18.8. The fraction of sp³-hybridized carbons (Fsp3) is 0.400. The molecular formula is C35H37ClN8NaO13S2. The van der Waals surface area contributed by atoms with Gasteiger partial charge in [0.05, 0.1) is 60.2 Å². The van der Waals surface area contributed by atoms with Crippen molar-refractivity contribution in [2.24, 2.45) is 5.16 Å². The molecule has 3 aliphatic heterocycles. The Kier molecular flexibility index (Phi) is 14.5. The smallest absolute Gasteiger partial charge is 0.348 e. The molecule has 1 radical (unpaired) electrons. The number of benzene rings is 1. The molecule has 0 bridgehead atoms. The first-order valence-corrected chi connectivity index (χ1v) is 20.3. The number of nitrogens with two attached hydrogens (primary N) is 1. The number of likely N-dealkylation sites (tertiary alicyclic amines) is 1. The minimum absolute atomic E-state index is 0. The Morgan fingerprint density at radius 3 is 2.48 bits per heavy atom. The Bertz CT molecular complexity index is 2400. The molecule has 21 nitrogen and oxygen atoms in total. The van der Waals surface area contributed by atoms with Gasteiger partial charge in [-0.3, -0.25) is 28.9 Å². The molecule has 5 heterocycles. The zero-order valence-corrected chi connectivity index (χ0v) is 36.4. The summed E-state index contributed by atoms with van der Waals surface area (Å²) in [5.74, 6) is -8.41. The summed E-state index contributed by atoms with van der Waals surface area (Å²) in [4.78, 5) is 99.0. The van der Waals surface area contributed by atoms with E-state index < -0.39 is 87.2 Å². The number of pyridine rings is 1. The zero-order chi connectivity index (χ0) is 42.9. The van der Waals surface area contributed by atoms with Gasteiger partial charge in [0.15, 0.2) is 22.3 Å². The molecular weight excluding hydrogens is 863 g/mol. The summed E-state index contributed by atoms with van der Waals surface area (Å²) in [5.41, 5.74) is 4.24. The monoisotopic (exact) mass is 899 g/mol. The Balaban J connectivity index is 0.00000683. The van der Waals surface area contributed by atoms with Gasteiger partial charge in [-0.25, -0.2) is 9.78 Å². The van der Waals surface area contributed by atoms with Crippen LogP contribution in [0.1, 0.15) is 42.2 Å². The first-order chi connectivity index (χ1) is 28.0. The molecule has 1 aromatic carbocycles. The van der Waals surface area contributed by atoms with E-state index in [1.165, 1.54) is 29.4 Å². The van der Waals surface area contributed by atoms with Crippen LogP contribution < -0.4 is 26.9 Å². The molecule has 0 aliphatic carbocycles. The molecule has 315 valence electrons. The van der Waals surface area contributed by atoms with Crippen LogP contribution in [-0.2, 0) is 35.4 Å². The minimum Gasteiger partial charge on any atom is -0.543 e. The molecule has 8 N–H and O–H groups in total. The van der Waals surface area contributed by atoms with Crippen LogP contribution in [0.3, 0.4) is 0 Å². The Morgan fingerprint density at radius 2 is 1.88 bits per heavy atom. The molecule has 2 saturated heterocycles. The van der Waals surface area contributed by atoms with Gasteiger partial charge in [0.2, 0.25) is 11.5 Å². The van der Waals surface area contributed by atoms with E-state index in [1.54, 1.807) is 11.5 Å². The van der Waals surface area contributed by atoms with E-state index in [-0.39, 0.29) is 81.4 Å². The first kappa shape index (κ1) is 46.2. The molecule has 0 spiro atoms. The maximum absolute atomic E-state index is 13.6. The van der Waals surface area contributed by atoms with Crippen molar-refractivity contribution in [1.29, 1.82) is 0 Å². The van der Waals surface area contributed by atoms with Gasteiger partial charge in [-0.2, -0.15) is 0 Å². The number of phenolic OH excluding ortho intramolecular Hbond substituents is 2. The summed E-state index contributed by atoms with van der Waals surface area (Å²) < 4.78 is 1.89. The van der Waals surface area contributed by atoms with E-state index in [9.17, 15) is 54.0 Å². The van der Waals surface area contributed by atoms with Crippen LogP contribution in [0.25, 0.3) is 10.9 Å². The number of thiazole rings is 1. The van der Waals surface area contributed by atoms with Crippen molar-refractivity contribution in [2.75, 3.05) is 44.2 Å². The second-order valence-corrected chi connectivity index (χ2v) is 16.3. The number of nitrogen functional groups attached to an aromatic ring is 1. The number of anilines is 1. The number of aromatic nitrogens is 2. The largest absolute Gasteiger partial charge is 0.543 e. The number of phenols is 2. The normalized spacial score (nSPS) is 18.9. The van der Waals surface area contributed by atoms with Crippen LogP contribution in [0, 0.1) is 0 Å². The average Bonchev–Trinajstić information content (AvgIpc) is 3.83. The summed E-state index contributed by atoms with van der Waals surface area (Å²) in [6.07, 6.45) is -0.00987. The number of nitrogens with zero attached hydrogens (tertiary/aromatic N) is 5. The summed E-state index contributed by atoms with van der Waals surface area (Å²) in [7, 11) is 0. The number of aryl methyl sites for hydroxylation is 1. The Labute approximate surface area is 374 Å². The van der Waals surface area contributed by atoms with Crippen molar-refractivity contribution < 1.29 is 63.6 Å². The van der Waals surface area contributed by atoms with Crippen molar-refractivity contribution in [3.05, 3.63) is 55.4 Å². The quantitative estimate of drug-likeness (QED) is 0.0223. The molecule has 2 aromatic heterocycles. The number of carbonyl (C=O) groups is 6. The number of quaternary nitrogens is 1. The number of thioether (sulfide) groups is 1. The predicted molar refractivity (Wildman–Crippen MR) is 214 cm³/mol. The van der Waals surface area contributed by atoms with Crippen LogP contribution in [0.4, 0.5) is 5.13 Å². The minimum atomic E-state index is -1.97. The van der Waals surface area contributed by atoms with Gasteiger partial charge >= 0.3 is 11.9 Å². The third-order valence-electron chi connectivity index (χ3n) is 10.2. The van der Waals surface area contributed by atoms with Crippen molar-refractivity contribution >= 4 is 122 Å². The standard InChI is InChI=1S/C35H37ClN8O13S2.Na/c1-2-42-11-16(27(48)22-18(42)9-19(45)28(49)23(22)36)29(50)38-5-8-44(6-3-4-7-44)12-15-13-58-32-25(31(52)43(32)26(15)34(55)56)40-30(51)24(17-14-59-35(37)39-17)41-57-20(33(53)54)10-21(46)47;/h9,11,14,20,25,32H,2-8,10,12-13H2,1H3,(H8-,37,38,39,40,41,45,46,47,48,49,50,51,53,54,55,56);/t20-,25+,32+;/m0./s1. The van der Waals surface area contributed by atoms with E-state index >= 15 is 0 Å². The maximum Gasteiger partial charge on any atom is 0.348 e. The van der Waals surface area contributed by atoms with Gasteiger partial charge in [0, 0.05) is 77.9 Å². The van der Waals surface area contributed by atoms with Crippen LogP contribution in [0.15, 0.2) is 38.9 Å². The van der Waals surface area contributed by atoms with Crippen LogP contribution in [0.5, 0.6) is 11.5 Å². The Hall–Kier alpha value is -4.91. The first-order valence-electron chi connectivity index (χ1n) is 18.0. The second-order valence-electron chi connectivity index (χ2n) is 13.9. The number of aromatic hydroxyl groups is 2. The number of hydrogen-bond acceptors (Lipinski definition) is 16. The number of carboxylic acids is 3. The van der Waals surface area contributed by atoms with E-state index in [1.807, 2.05) is 0 Å². The van der Waals surface area contributed by atoms with Crippen molar-refractivity contribution in [3.63, 3.8) is 0 Å². The molecule has 3 aromatic rings. The number of nitrogens with one attached hydrogen (secondary N) is 2. The number of carboxylic acid groups (broad SMARTS) is 3. The van der Waals surface area contributed by atoms with Crippen LogP contribution in [-0.4, -0.2) is 166 Å². The number of amides is 3. The molecule has 2 fully saturated rings. The maximum atomic E-state index is 13.6. The molecule has 3 aliphatic rings. The van der Waals surface area contributed by atoms with Gasteiger partial charge in [0.25, 0.3) is 17.7 Å².